The second kappa shape index (κ2) is 5.57. The zero-order valence-corrected chi connectivity index (χ0v) is 11.8. The minimum absolute atomic E-state index is 0.290. The maximum atomic E-state index is 12.5. The van der Waals surface area contributed by atoms with Gasteiger partial charge < -0.3 is 10.6 Å². The van der Waals surface area contributed by atoms with Crippen molar-refractivity contribution in [1.29, 1.82) is 0 Å². The van der Waals surface area contributed by atoms with Crippen LogP contribution in [0.3, 0.4) is 0 Å². The van der Waals surface area contributed by atoms with Crippen LogP contribution in [0.25, 0.3) is 0 Å². The van der Waals surface area contributed by atoms with E-state index in [4.69, 9.17) is 5.73 Å². The summed E-state index contributed by atoms with van der Waals surface area (Å²) in [4.78, 5) is 17.2. The van der Waals surface area contributed by atoms with E-state index in [1.54, 1.807) is 0 Å². The summed E-state index contributed by atoms with van der Waals surface area (Å²) < 4.78 is 0. The second-order valence-corrected chi connectivity index (χ2v) is 6.36. The summed E-state index contributed by atoms with van der Waals surface area (Å²) in [5, 5.41) is 0. The molecule has 0 aliphatic carbocycles. The van der Waals surface area contributed by atoms with Crippen LogP contribution in [0, 0.1) is 5.41 Å². The molecule has 2 fully saturated rings. The van der Waals surface area contributed by atoms with Gasteiger partial charge in [0.1, 0.15) is 0 Å². The Hall–Kier alpha value is -0.610. The van der Waals surface area contributed by atoms with Crippen molar-refractivity contribution in [3.8, 4) is 0 Å². The van der Waals surface area contributed by atoms with Crippen LogP contribution in [0.15, 0.2) is 0 Å². The molecule has 0 aromatic carbocycles. The van der Waals surface area contributed by atoms with Crippen molar-refractivity contribution < 1.29 is 4.79 Å². The van der Waals surface area contributed by atoms with Gasteiger partial charge in [-0.3, -0.25) is 9.69 Å². The van der Waals surface area contributed by atoms with Crippen LogP contribution in [-0.4, -0.2) is 54.5 Å². The number of carbonyl (C=O) groups excluding carboxylic acids is 1. The summed E-state index contributed by atoms with van der Waals surface area (Å²) in [7, 11) is 0. The average molecular weight is 253 g/mol. The molecule has 0 aromatic rings. The molecule has 1 atom stereocenters. The molecule has 0 bridgehead atoms. The number of piperazine rings is 1. The summed E-state index contributed by atoms with van der Waals surface area (Å²) in [6.07, 6.45) is 4.66. The molecule has 2 aliphatic heterocycles. The van der Waals surface area contributed by atoms with Crippen molar-refractivity contribution in [3.05, 3.63) is 0 Å². The van der Waals surface area contributed by atoms with E-state index in [0.717, 1.165) is 26.1 Å². The van der Waals surface area contributed by atoms with Gasteiger partial charge in [0.25, 0.3) is 0 Å². The van der Waals surface area contributed by atoms with Crippen molar-refractivity contribution in [1.82, 2.24) is 9.80 Å². The maximum Gasteiger partial charge on any atom is 0.228 e. The highest BCUT2D eigenvalue weighted by molar-refractivity contribution is 5.82. The molecule has 2 heterocycles. The molecule has 2 aliphatic rings. The molecule has 1 amide bonds. The lowest BCUT2D eigenvalue weighted by Gasteiger charge is -2.45. The van der Waals surface area contributed by atoms with E-state index in [1.165, 1.54) is 25.8 Å². The minimum atomic E-state index is -0.300. The zero-order valence-electron chi connectivity index (χ0n) is 11.8. The van der Waals surface area contributed by atoms with Gasteiger partial charge in [0.2, 0.25) is 5.91 Å². The first-order chi connectivity index (χ1) is 8.54. The Bertz CT molecular complexity index is 303. The molecule has 1 unspecified atom stereocenters. The normalized spacial score (nSPS) is 25.9. The lowest BCUT2D eigenvalue weighted by atomic mass is 9.86. The number of piperidine rings is 1. The van der Waals surface area contributed by atoms with Gasteiger partial charge in [0.05, 0.1) is 0 Å². The third kappa shape index (κ3) is 2.86. The monoisotopic (exact) mass is 253 g/mol. The molecule has 2 N–H and O–H groups in total. The smallest absolute Gasteiger partial charge is 0.228 e. The van der Waals surface area contributed by atoms with Gasteiger partial charge in [-0.2, -0.15) is 0 Å². The molecular formula is C14H27N3O. The largest absolute Gasteiger partial charge is 0.339 e. The van der Waals surface area contributed by atoms with Crippen LogP contribution in [0.4, 0.5) is 0 Å². The zero-order chi connectivity index (χ0) is 13.2. The lowest BCUT2D eigenvalue weighted by molar-refractivity contribution is -0.144. The van der Waals surface area contributed by atoms with Crippen molar-refractivity contribution in [2.24, 2.45) is 11.1 Å². The van der Waals surface area contributed by atoms with E-state index in [9.17, 15) is 4.79 Å². The number of hydrogen-bond acceptors (Lipinski definition) is 3. The van der Waals surface area contributed by atoms with Gasteiger partial charge in [-0.1, -0.05) is 20.3 Å². The number of rotatable bonds is 3. The molecule has 2 rings (SSSR count). The number of nitrogens with zero attached hydrogens (tertiary/aromatic N) is 2. The third-order valence-electron chi connectivity index (χ3n) is 4.47. The van der Waals surface area contributed by atoms with Crippen molar-refractivity contribution >= 4 is 5.91 Å². The molecule has 0 saturated carbocycles. The third-order valence-corrected chi connectivity index (χ3v) is 4.47. The highest BCUT2D eigenvalue weighted by atomic mass is 16.2. The first-order valence-corrected chi connectivity index (χ1v) is 7.28. The molecule has 104 valence electrons. The summed E-state index contributed by atoms with van der Waals surface area (Å²) in [5.41, 5.74) is 5.31. The molecule has 4 nitrogen and oxygen atoms in total. The molecule has 18 heavy (non-hydrogen) atoms. The number of nitrogens with two attached hydrogens (primary N) is 1. The van der Waals surface area contributed by atoms with E-state index in [1.807, 2.05) is 13.8 Å². The summed E-state index contributed by atoms with van der Waals surface area (Å²) in [6, 6.07) is 0.602. The van der Waals surface area contributed by atoms with E-state index in [2.05, 4.69) is 9.80 Å². The van der Waals surface area contributed by atoms with Crippen molar-refractivity contribution in [2.75, 3.05) is 32.7 Å². The van der Waals surface area contributed by atoms with E-state index >= 15 is 0 Å². The number of carbonyl (C=O) groups is 1. The molecule has 0 spiro atoms. The summed E-state index contributed by atoms with van der Waals surface area (Å²) in [6.45, 7) is 8.72. The first kappa shape index (κ1) is 13.8. The van der Waals surface area contributed by atoms with Crippen LogP contribution in [0.5, 0.6) is 0 Å². The minimum Gasteiger partial charge on any atom is -0.339 e. The predicted octanol–water partition coefficient (Wildman–Crippen LogP) is 1.06. The fourth-order valence-corrected chi connectivity index (χ4v) is 3.24. The Morgan fingerprint density at radius 1 is 1.28 bits per heavy atom. The quantitative estimate of drug-likeness (QED) is 0.818. The van der Waals surface area contributed by atoms with Crippen LogP contribution >= 0.6 is 0 Å². The second-order valence-electron chi connectivity index (χ2n) is 6.36. The van der Waals surface area contributed by atoms with Gasteiger partial charge in [-0.15, -0.1) is 0 Å². The number of amides is 1. The fraction of sp³-hybridized carbons (Fsp3) is 0.929. The predicted molar refractivity (Wildman–Crippen MR) is 73.2 cm³/mol. The van der Waals surface area contributed by atoms with Crippen molar-refractivity contribution in [3.63, 3.8) is 0 Å². The molecule has 2 saturated heterocycles. The average Bonchev–Trinajstić information content (AvgIpc) is 2.37. The van der Waals surface area contributed by atoms with Gasteiger partial charge >= 0.3 is 0 Å². The Morgan fingerprint density at radius 2 is 2.06 bits per heavy atom. The van der Waals surface area contributed by atoms with E-state index in [-0.39, 0.29) is 11.3 Å². The summed E-state index contributed by atoms with van der Waals surface area (Å²) in [5.74, 6) is 0.290. The van der Waals surface area contributed by atoms with Gasteiger partial charge in [-0.05, 0) is 32.4 Å². The Morgan fingerprint density at radius 3 is 2.78 bits per heavy atom. The Balaban J connectivity index is 1.96. The van der Waals surface area contributed by atoms with Gasteiger partial charge in [-0.25, -0.2) is 0 Å². The Labute approximate surface area is 110 Å². The first-order valence-electron chi connectivity index (χ1n) is 7.28. The maximum absolute atomic E-state index is 12.5. The molecule has 4 heteroatoms. The SMILES string of the molecule is CC(C)(CCN)C(=O)N1CCN2CCCCC2C1. The number of fused-ring (bicyclic) bond motifs is 1. The fourth-order valence-electron chi connectivity index (χ4n) is 3.24. The van der Waals surface area contributed by atoms with Crippen LogP contribution in [0.1, 0.15) is 39.5 Å². The van der Waals surface area contributed by atoms with Crippen LogP contribution in [-0.2, 0) is 4.79 Å². The number of hydrogen-bond donors (Lipinski definition) is 1. The highest BCUT2D eigenvalue weighted by Crippen LogP contribution is 2.27. The molecule has 0 aromatic heterocycles. The van der Waals surface area contributed by atoms with E-state index < -0.39 is 0 Å². The van der Waals surface area contributed by atoms with Crippen molar-refractivity contribution in [2.45, 2.75) is 45.6 Å². The van der Waals surface area contributed by atoms with E-state index in [0.29, 0.717) is 12.6 Å². The summed E-state index contributed by atoms with van der Waals surface area (Å²) >= 11 is 0. The van der Waals surface area contributed by atoms with Gasteiger partial charge in [0.15, 0.2) is 0 Å². The Kier molecular flexibility index (Phi) is 4.28. The van der Waals surface area contributed by atoms with Crippen LogP contribution < -0.4 is 5.73 Å². The lowest BCUT2D eigenvalue weighted by Crippen LogP contribution is -2.58. The molecule has 0 radical (unpaired) electrons. The highest BCUT2D eigenvalue weighted by Gasteiger charge is 2.36. The topological polar surface area (TPSA) is 49.6 Å². The molecular weight excluding hydrogens is 226 g/mol. The van der Waals surface area contributed by atoms with Crippen LogP contribution in [0.2, 0.25) is 0 Å². The van der Waals surface area contributed by atoms with Gasteiger partial charge in [0, 0.05) is 31.1 Å². The standard InChI is InChI=1S/C14H27N3O/c1-14(2,6-7-15)13(18)17-10-9-16-8-4-3-5-12(16)11-17/h12H,3-11,15H2,1-2H3.